The second kappa shape index (κ2) is 2.16. The van der Waals surface area contributed by atoms with E-state index in [4.69, 9.17) is 0 Å². The van der Waals surface area contributed by atoms with Crippen molar-refractivity contribution in [3.05, 3.63) is 11.9 Å². The van der Waals surface area contributed by atoms with Crippen molar-refractivity contribution in [2.24, 2.45) is 0 Å². The summed E-state index contributed by atoms with van der Waals surface area (Å²) < 4.78 is 34.9. The first kappa shape index (κ1) is 6.84. The molecule has 0 aliphatic carbocycles. The highest BCUT2D eigenvalue weighted by Crippen LogP contribution is 2.25. The first-order valence-corrected chi connectivity index (χ1v) is 2.19. The predicted molar refractivity (Wildman–Crippen MR) is 22.6 cm³/mol. The van der Waals surface area contributed by atoms with Crippen LogP contribution in [-0.4, -0.2) is 20.6 Å². The lowest BCUT2D eigenvalue weighted by Crippen LogP contribution is -2.10. The Balaban J connectivity index is 2.97. The standard InChI is InChI=1S/C3HF3N4/c4-3(5,6)2-1-7-9-10-8-2/h1H. The molecule has 0 aromatic carbocycles. The molecule has 7 heteroatoms. The Morgan fingerprint density at radius 3 is 2.20 bits per heavy atom. The van der Waals surface area contributed by atoms with Gasteiger partial charge in [0.05, 0.1) is 6.20 Å². The Morgan fingerprint density at radius 2 is 1.90 bits per heavy atom. The summed E-state index contributed by atoms with van der Waals surface area (Å²) in [6.07, 6.45) is -3.98. The van der Waals surface area contributed by atoms with Gasteiger partial charge < -0.3 is 0 Å². The molecule has 0 unspecified atom stereocenters. The van der Waals surface area contributed by atoms with E-state index < -0.39 is 11.9 Å². The summed E-state index contributed by atoms with van der Waals surface area (Å²) in [6.45, 7) is 0. The summed E-state index contributed by atoms with van der Waals surface area (Å²) in [5.74, 6) is 0. The van der Waals surface area contributed by atoms with E-state index in [1.54, 1.807) is 0 Å². The predicted octanol–water partition coefficient (Wildman–Crippen LogP) is 0.285. The van der Waals surface area contributed by atoms with Crippen LogP contribution >= 0.6 is 0 Å². The van der Waals surface area contributed by atoms with Crippen molar-refractivity contribution in [1.29, 1.82) is 0 Å². The van der Waals surface area contributed by atoms with Crippen LogP contribution in [0.2, 0.25) is 0 Å². The quantitative estimate of drug-likeness (QED) is 0.533. The van der Waals surface area contributed by atoms with E-state index in [0.717, 1.165) is 0 Å². The summed E-state index contributed by atoms with van der Waals surface area (Å²) in [6, 6.07) is 0. The van der Waals surface area contributed by atoms with Crippen molar-refractivity contribution >= 4 is 0 Å². The van der Waals surface area contributed by atoms with Crippen LogP contribution in [0.25, 0.3) is 0 Å². The zero-order chi connectivity index (χ0) is 7.61. The molecule has 0 aliphatic heterocycles. The molecule has 0 N–H and O–H groups in total. The van der Waals surface area contributed by atoms with Gasteiger partial charge in [-0.3, -0.25) is 0 Å². The summed E-state index contributed by atoms with van der Waals surface area (Å²) >= 11 is 0. The van der Waals surface area contributed by atoms with Crippen LogP contribution in [0.3, 0.4) is 0 Å². The maximum absolute atomic E-state index is 11.6. The maximum atomic E-state index is 11.6. The molecule has 0 radical (unpaired) electrons. The third-order valence-corrected chi connectivity index (χ3v) is 0.715. The van der Waals surface area contributed by atoms with Crippen molar-refractivity contribution in [2.45, 2.75) is 6.18 Å². The van der Waals surface area contributed by atoms with Gasteiger partial charge >= 0.3 is 6.18 Å². The number of halogens is 3. The fourth-order valence-corrected chi connectivity index (χ4v) is 0.327. The van der Waals surface area contributed by atoms with Gasteiger partial charge in [0, 0.05) is 0 Å². The largest absolute Gasteiger partial charge is 0.436 e. The molecule has 0 bridgehead atoms. The highest BCUT2D eigenvalue weighted by molar-refractivity contribution is 4.94. The summed E-state index contributed by atoms with van der Waals surface area (Å²) in [7, 11) is 0. The Morgan fingerprint density at radius 1 is 1.20 bits per heavy atom. The number of hydrogen-bond acceptors (Lipinski definition) is 4. The first-order chi connectivity index (χ1) is 4.61. The minimum Gasteiger partial charge on any atom is -0.164 e. The lowest BCUT2D eigenvalue weighted by molar-refractivity contribution is -0.142. The normalized spacial score (nSPS) is 11.5. The van der Waals surface area contributed by atoms with Crippen molar-refractivity contribution in [1.82, 2.24) is 20.6 Å². The molecule has 0 fully saturated rings. The monoisotopic (exact) mass is 150 g/mol. The van der Waals surface area contributed by atoms with Crippen LogP contribution in [0.4, 0.5) is 13.2 Å². The number of aromatic nitrogens is 4. The molecule has 4 nitrogen and oxygen atoms in total. The number of rotatable bonds is 0. The molecule has 0 aliphatic rings. The lowest BCUT2D eigenvalue weighted by Gasteiger charge is -2.00. The number of nitrogens with zero attached hydrogens (tertiary/aromatic N) is 4. The summed E-state index contributed by atoms with van der Waals surface area (Å²) in [4.78, 5) is 0. The van der Waals surface area contributed by atoms with E-state index >= 15 is 0 Å². The van der Waals surface area contributed by atoms with Gasteiger partial charge in [-0.25, -0.2) is 0 Å². The van der Waals surface area contributed by atoms with Gasteiger partial charge in [0.2, 0.25) is 0 Å². The van der Waals surface area contributed by atoms with E-state index in [-0.39, 0.29) is 0 Å². The SMILES string of the molecule is FC(F)(F)c1cnnnn1. The third-order valence-electron chi connectivity index (χ3n) is 0.715. The van der Waals surface area contributed by atoms with Gasteiger partial charge in [0.25, 0.3) is 0 Å². The Bertz CT molecular complexity index is 207. The smallest absolute Gasteiger partial charge is 0.164 e. The fraction of sp³-hybridized carbons (Fsp3) is 0.333. The average molecular weight is 150 g/mol. The van der Waals surface area contributed by atoms with Crippen molar-refractivity contribution < 1.29 is 13.2 Å². The topological polar surface area (TPSA) is 51.6 Å². The van der Waals surface area contributed by atoms with E-state index in [2.05, 4.69) is 20.6 Å². The summed E-state index contributed by atoms with van der Waals surface area (Å²) in [5.41, 5.74) is -1.14. The number of alkyl halides is 3. The first-order valence-electron chi connectivity index (χ1n) is 2.19. The molecule has 1 aromatic heterocycles. The highest BCUT2D eigenvalue weighted by Gasteiger charge is 2.33. The molecule has 0 atom stereocenters. The highest BCUT2D eigenvalue weighted by atomic mass is 19.4. The molecule has 0 spiro atoms. The van der Waals surface area contributed by atoms with Crippen LogP contribution in [-0.2, 0) is 6.18 Å². The maximum Gasteiger partial charge on any atom is 0.436 e. The van der Waals surface area contributed by atoms with Gasteiger partial charge in [0.1, 0.15) is 0 Å². The van der Waals surface area contributed by atoms with Crippen molar-refractivity contribution in [3.8, 4) is 0 Å². The average Bonchev–Trinajstić information content (AvgIpc) is 1.88. The second-order valence-electron chi connectivity index (χ2n) is 1.41. The van der Waals surface area contributed by atoms with E-state index in [1.807, 2.05) is 0 Å². The van der Waals surface area contributed by atoms with Crippen molar-refractivity contribution in [3.63, 3.8) is 0 Å². The van der Waals surface area contributed by atoms with Crippen LogP contribution in [0.15, 0.2) is 6.20 Å². The van der Waals surface area contributed by atoms with E-state index in [9.17, 15) is 13.2 Å². The van der Waals surface area contributed by atoms with Gasteiger partial charge in [-0.05, 0) is 10.4 Å². The minimum absolute atomic E-state index is 0.507. The Kier molecular flexibility index (Phi) is 1.48. The number of hydrogen-bond donors (Lipinski definition) is 0. The third kappa shape index (κ3) is 1.36. The second-order valence-corrected chi connectivity index (χ2v) is 1.41. The van der Waals surface area contributed by atoms with E-state index in [0.29, 0.717) is 6.20 Å². The van der Waals surface area contributed by atoms with Crippen LogP contribution in [0.5, 0.6) is 0 Å². The zero-order valence-corrected chi connectivity index (χ0v) is 4.50. The molecule has 0 saturated heterocycles. The van der Waals surface area contributed by atoms with Gasteiger partial charge in [0.15, 0.2) is 5.69 Å². The molecule has 54 valence electrons. The molecule has 1 rings (SSSR count). The zero-order valence-electron chi connectivity index (χ0n) is 4.50. The van der Waals surface area contributed by atoms with Gasteiger partial charge in [-0.15, -0.1) is 10.2 Å². The van der Waals surface area contributed by atoms with Crippen LogP contribution in [0, 0.1) is 0 Å². The summed E-state index contributed by atoms with van der Waals surface area (Å²) in [5, 5.41) is 11.2. The molecule has 0 saturated carbocycles. The fourth-order valence-electron chi connectivity index (χ4n) is 0.327. The van der Waals surface area contributed by atoms with Gasteiger partial charge in [-0.2, -0.15) is 13.2 Å². The van der Waals surface area contributed by atoms with Crippen LogP contribution in [0.1, 0.15) is 5.69 Å². The van der Waals surface area contributed by atoms with E-state index in [1.165, 1.54) is 0 Å². The molecule has 0 amide bonds. The molecular weight excluding hydrogens is 149 g/mol. The lowest BCUT2D eigenvalue weighted by atomic mass is 10.5. The molecule has 1 heterocycles. The van der Waals surface area contributed by atoms with Crippen molar-refractivity contribution in [2.75, 3.05) is 0 Å². The molecule has 1 aromatic rings. The van der Waals surface area contributed by atoms with Gasteiger partial charge in [-0.1, -0.05) is 0 Å². The Hall–Kier alpha value is -1.27. The molecule has 10 heavy (non-hydrogen) atoms. The van der Waals surface area contributed by atoms with Crippen LogP contribution < -0.4 is 0 Å². The Labute approximate surface area is 53.1 Å². The minimum atomic E-state index is -4.48. The molecular formula is C3HF3N4.